The monoisotopic (exact) mass is 440 g/mol. The zero-order valence-corrected chi connectivity index (χ0v) is 19.7. The molecule has 0 saturated heterocycles. The molecule has 3 N–H and O–H groups in total. The van der Waals surface area contributed by atoms with E-state index >= 15 is 0 Å². The summed E-state index contributed by atoms with van der Waals surface area (Å²) in [7, 11) is 1.69. The topological polar surface area (TPSA) is 84.0 Å². The van der Waals surface area contributed by atoms with Crippen LogP contribution in [0, 0.1) is 6.92 Å². The molecule has 2 aromatic carbocycles. The number of carbonyl (C=O) groups is 1. The van der Waals surface area contributed by atoms with Gasteiger partial charge in [-0.3, -0.25) is 4.79 Å². The molecular formula is C25H36N4O3. The Morgan fingerprint density at radius 1 is 1.00 bits per heavy atom. The Morgan fingerprint density at radius 2 is 1.81 bits per heavy atom. The Bertz CT molecular complexity index is 883. The Kier molecular flexibility index (Phi) is 11.1. The van der Waals surface area contributed by atoms with Crippen molar-refractivity contribution in [1.82, 2.24) is 16.0 Å². The minimum Gasteiger partial charge on any atom is -0.493 e. The summed E-state index contributed by atoms with van der Waals surface area (Å²) in [6, 6.07) is 13.8. The third kappa shape index (κ3) is 8.59. The molecule has 7 heteroatoms. The van der Waals surface area contributed by atoms with Crippen LogP contribution >= 0.6 is 0 Å². The van der Waals surface area contributed by atoms with Crippen LogP contribution in [0.25, 0.3) is 0 Å². The standard InChI is InChI=1S/C25H36N4O3/c1-5-26-24(30)21-10-7-9-20(16-21)17-28-25(27-6-2)29-18-22-12-11-19(3)15-23(22)32-14-8-13-31-4/h7,9-12,15-16H,5-6,8,13-14,17-18H2,1-4H3,(H,26,30)(H2,27,28,29). The lowest BCUT2D eigenvalue weighted by atomic mass is 10.1. The van der Waals surface area contributed by atoms with Gasteiger partial charge in [0.25, 0.3) is 5.91 Å². The van der Waals surface area contributed by atoms with Crippen LogP contribution in [0.2, 0.25) is 0 Å². The first kappa shape index (κ1) is 25.2. The molecule has 0 aliphatic heterocycles. The van der Waals surface area contributed by atoms with E-state index in [-0.39, 0.29) is 5.91 Å². The van der Waals surface area contributed by atoms with Gasteiger partial charge < -0.3 is 25.4 Å². The van der Waals surface area contributed by atoms with Gasteiger partial charge in [0.05, 0.1) is 13.2 Å². The van der Waals surface area contributed by atoms with E-state index in [4.69, 9.17) is 9.47 Å². The molecular weight excluding hydrogens is 404 g/mol. The number of hydrogen-bond acceptors (Lipinski definition) is 4. The molecule has 0 saturated carbocycles. The summed E-state index contributed by atoms with van der Waals surface area (Å²) in [5, 5.41) is 9.48. The third-order valence-corrected chi connectivity index (χ3v) is 4.71. The van der Waals surface area contributed by atoms with E-state index in [9.17, 15) is 4.79 Å². The average Bonchev–Trinajstić information content (AvgIpc) is 2.80. The molecule has 0 radical (unpaired) electrons. The fourth-order valence-electron chi connectivity index (χ4n) is 3.09. The number of benzene rings is 2. The highest BCUT2D eigenvalue weighted by Gasteiger charge is 2.07. The van der Waals surface area contributed by atoms with Crippen molar-refractivity contribution in [2.75, 3.05) is 33.4 Å². The van der Waals surface area contributed by atoms with E-state index in [1.165, 1.54) is 0 Å². The summed E-state index contributed by atoms with van der Waals surface area (Å²) in [5.74, 6) is 1.52. The number of nitrogens with zero attached hydrogens (tertiary/aromatic N) is 1. The van der Waals surface area contributed by atoms with Crippen molar-refractivity contribution in [2.45, 2.75) is 40.3 Å². The van der Waals surface area contributed by atoms with Crippen LogP contribution < -0.4 is 20.7 Å². The summed E-state index contributed by atoms with van der Waals surface area (Å²) >= 11 is 0. The molecule has 0 heterocycles. The first-order valence-electron chi connectivity index (χ1n) is 11.2. The smallest absolute Gasteiger partial charge is 0.251 e. The number of ether oxygens (including phenoxy) is 2. The molecule has 0 aliphatic rings. The molecule has 32 heavy (non-hydrogen) atoms. The first-order chi connectivity index (χ1) is 15.6. The maximum absolute atomic E-state index is 12.1. The van der Waals surface area contributed by atoms with Crippen LogP contribution in [0.15, 0.2) is 47.5 Å². The van der Waals surface area contributed by atoms with Crippen molar-refractivity contribution in [3.05, 3.63) is 64.7 Å². The van der Waals surface area contributed by atoms with Gasteiger partial charge in [-0.15, -0.1) is 0 Å². The van der Waals surface area contributed by atoms with E-state index in [0.29, 0.717) is 44.4 Å². The van der Waals surface area contributed by atoms with Crippen LogP contribution in [0.5, 0.6) is 5.75 Å². The number of guanidine groups is 1. The molecule has 0 unspecified atom stereocenters. The molecule has 2 rings (SSSR count). The Morgan fingerprint density at radius 3 is 2.56 bits per heavy atom. The zero-order valence-electron chi connectivity index (χ0n) is 19.7. The second kappa shape index (κ2) is 14.1. The fourth-order valence-corrected chi connectivity index (χ4v) is 3.09. The number of methoxy groups -OCH3 is 1. The van der Waals surface area contributed by atoms with Crippen LogP contribution in [-0.4, -0.2) is 45.3 Å². The van der Waals surface area contributed by atoms with Crippen molar-refractivity contribution >= 4 is 11.9 Å². The van der Waals surface area contributed by atoms with Gasteiger partial charge in [0.1, 0.15) is 5.75 Å². The second-order valence-corrected chi connectivity index (χ2v) is 7.41. The van der Waals surface area contributed by atoms with Crippen molar-refractivity contribution in [3.8, 4) is 5.75 Å². The van der Waals surface area contributed by atoms with Gasteiger partial charge in [-0.25, -0.2) is 4.99 Å². The normalized spacial score (nSPS) is 11.2. The maximum Gasteiger partial charge on any atom is 0.251 e. The summed E-state index contributed by atoms with van der Waals surface area (Å²) < 4.78 is 11.1. The Hall–Kier alpha value is -3.06. The van der Waals surface area contributed by atoms with E-state index in [0.717, 1.165) is 35.4 Å². The van der Waals surface area contributed by atoms with Gasteiger partial charge in [0.2, 0.25) is 0 Å². The second-order valence-electron chi connectivity index (χ2n) is 7.41. The third-order valence-electron chi connectivity index (χ3n) is 4.71. The molecule has 0 spiro atoms. The minimum absolute atomic E-state index is 0.0687. The molecule has 0 fully saturated rings. The molecule has 7 nitrogen and oxygen atoms in total. The molecule has 174 valence electrons. The number of carbonyl (C=O) groups excluding carboxylic acids is 1. The van der Waals surface area contributed by atoms with Crippen LogP contribution in [0.4, 0.5) is 0 Å². The van der Waals surface area contributed by atoms with Crippen molar-refractivity contribution in [2.24, 2.45) is 4.99 Å². The molecule has 0 aliphatic carbocycles. The Labute approximate surface area is 191 Å². The minimum atomic E-state index is -0.0687. The van der Waals surface area contributed by atoms with E-state index < -0.39 is 0 Å². The van der Waals surface area contributed by atoms with E-state index in [2.05, 4.69) is 46.1 Å². The number of aryl methyl sites for hydroxylation is 1. The quantitative estimate of drug-likeness (QED) is 0.268. The summed E-state index contributed by atoms with van der Waals surface area (Å²) in [5.41, 5.74) is 3.84. The predicted octanol–water partition coefficient (Wildman–Crippen LogP) is 3.42. The van der Waals surface area contributed by atoms with Crippen LogP contribution in [-0.2, 0) is 17.8 Å². The lowest BCUT2D eigenvalue weighted by Gasteiger charge is -2.15. The molecule has 1 amide bonds. The summed E-state index contributed by atoms with van der Waals surface area (Å²) in [6.07, 6.45) is 0.844. The average molecular weight is 441 g/mol. The number of amides is 1. The van der Waals surface area contributed by atoms with Crippen molar-refractivity contribution in [3.63, 3.8) is 0 Å². The van der Waals surface area contributed by atoms with Gasteiger partial charge in [-0.2, -0.15) is 0 Å². The number of hydrogen-bond donors (Lipinski definition) is 3. The molecule has 0 bridgehead atoms. The first-order valence-corrected chi connectivity index (χ1v) is 11.2. The summed E-state index contributed by atoms with van der Waals surface area (Å²) in [4.78, 5) is 16.8. The van der Waals surface area contributed by atoms with Gasteiger partial charge >= 0.3 is 0 Å². The molecule has 2 aromatic rings. The predicted molar refractivity (Wildman–Crippen MR) is 129 cm³/mol. The van der Waals surface area contributed by atoms with E-state index in [1.54, 1.807) is 7.11 Å². The van der Waals surface area contributed by atoms with Gasteiger partial charge in [0.15, 0.2) is 5.96 Å². The molecule has 0 aromatic heterocycles. The maximum atomic E-state index is 12.1. The highest BCUT2D eigenvalue weighted by atomic mass is 16.5. The number of rotatable bonds is 12. The fraction of sp³-hybridized carbons (Fsp3) is 0.440. The lowest BCUT2D eigenvalue weighted by molar-refractivity contribution is 0.0955. The number of aliphatic imine (C=N–C) groups is 1. The van der Waals surface area contributed by atoms with E-state index in [1.807, 2.05) is 38.1 Å². The van der Waals surface area contributed by atoms with Gasteiger partial charge in [0, 0.05) is 50.9 Å². The lowest BCUT2D eigenvalue weighted by Crippen LogP contribution is -2.36. The highest BCUT2D eigenvalue weighted by Crippen LogP contribution is 2.20. The van der Waals surface area contributed by atoms with Crippen LogP contribution in [0.3, 0.4) is 0 Å². The summed E-state index contributed by atoms with van der Waals surface area (Å²) in [6.45, 7) is 9.69. The largest absolute Gasteiger partial charge is 0.493 e. The SMILES string of the molecule is CCNC(=O)c1cccc(CN=C(NCC)NCc2ccc(C)cc2OCCCOC)c1. The van der Waals surface area contributed by atoms with Crippen LogP contribution in [0.1, 0.15) is 47.3 Å². The molecule has 0 atom stereocenters. The number of nitrogens with one attached hydrogen (secondary N) is 3. The Balaban J connectivity index is 2.04. The van der Waals surface area contributed by atoms with Crippen molar-refractivity contribution in [1.29, 1.82) is 0 Å². The zero-order chi connectivity index (χ0) is 23.2. The van der Waals surface area contributed by atoms with Gasteiger partial charge in [-0.1, -0.05) is 24.3 Å². The van der Waals surface area contributed by atoms with Gasteiger partial charge in [-0.05, 0) is 50.1 Å². The highest BCUT2D eigenvalue weighted by molar-refractivity contribution is 5.94. The van der Waals surface area contributed by atoms with Crippen molar-refractivity contribution < 1.29 is 14.3 Å².